The van der Waals surface area contributed by atoms with E-state index in [0.717, 1.165) is 27.9 Å². The lowest BCUT2D eigenvalue weighted by molar-refractivity contribution is -0.00520. The SMILES string of the molecule is COC(=O)c1cccnc1Nc1ccc(C23CC4CC(CC(C4)C2)C3)cc1Br. The van der Waals surface area contributed by atoms with E-state index in [-0.39, 0.29) is 0 Å². The Balaban J connectivity index is 1.43. The molecule has 146 valence electrons. The van der Waals surface area contributed by atoms with Crippen LogP contribution in [0, 0.1) is 17.8 Å². The number of carbonyl (C=O) groups excluding carboxylic acids is 1. The number of aromatic nitrogens is 1. The average Bonchev–Trinajstić information content (AvgIpc) is 2.68. The van der Waals surface area contributed by atoms with Gasteiger partial charge in [0, 0.05) is 10.7 Å². The smallest absolute Gasteiger partial charge is 0.341 e. The third-order valence-electron chi connectivity index (χ3n) is 7.09. The summed E-state index contributed by atoms with van der Waals surface area (Å²) in [5.74, 6) is 2.91. The molecule has 0 radical (unpaired) electrons. The molecule has 4 saturated carbocycles. The highest BCUT2D eigenvalue weighted by atomic mass is 79.9. The molecule has 4 fully saturated rings. The fraction of sp³-hybridized carbons (Fsp3) is 0.478. The zero-order chi connectivity index (χ0) is 19.3. The topological polar surface area (TPSA) is 51.2 Å². The first-order chi connectivity index (χ1) is 13.6. The molecule has 0 aliphatic heterocycles. The molecule has 1 aromatic carbocycles. The molecule has 2 aromatic rings. The lowest BCUT2D eigenvalue weighted by Gasteiger charge is -2.57. The maximum absolute atomic E-state index is 12.0. The summed E-state index contributed by atoms with van der Waals surface area (Å²) in [6.45, 7) is 0. The predicted octanol–water partition coefficient (Wildman–Crippen LogP) is 5.84. The largest absolute Gasteiger partial charge is 0.465 e. The molecule has 6 rings (SSSR count). The van der Waals surface area contributed by atoms with Crippen molar-refractivity contribution in [3.63, 3.8) is 0 Å². The minimum atomic E-state index is -0.392. The van der Waals surface area contributed by atoms with Crippen LogP contribution in [0.1, 0.15) is 54.4 Å². The first-order valence-corrected chi connectivity index (χ1v) is 11.0. The number of anilines is 2. The Kier molecular flexibility index (Phi) is 4.46. The number of hydrogen-bond acceptors (Lipinski definition) is 4. The molecule has 0 amide bonds. The number of ether oxygens (including phenoxy) is 1. The van der Waals surface area contributed by atoms with Crippen molar-refractivity contribution in [1.29, 1.82) is 0 Å². The molecule has 1 N–H and O–H groups in total. The summed E-state index contributed by atoms with van der Waals surface area (Å²) in [7, 11) is 1.38. The number of benzene rings is 1. The van der Waals surface area contributed by atoms with Crippen molar-refractivity contribution >= 4 is 33.4 Å². The molecule has 4 aliphatic rings. The van der Waals surface area contributed by atoms with Gasteiger partial charge in [0.05, 0.1) is 12.8 Å². The van der Waals surface area contributed by atoms with Crippen LogP contribution in [0.15, 0.2) is 41.0 Å². The monoisotopic (exact) mass is 440 g/mol. The Morgan fingerprint density at radius 3 is 2.43 bits per heavy atom. The fourth-order valence-electron chi connectivity index (χ4n) is 6.32. The van der Waals surface area contributed by atoms with Crippen molar-refractivity contribution in [3.05, 3.63) is 52.1 Å². The standard InChI is InChI=1S/C23H25BrN2O2/c1-28-22(27)18-3-2-6-25-21(18)26-20-5-4-17(10-19(20)24)23-11-14-7-15(12-23)9-16(8-14)13-23/h2-6,10,14-16H,7-9,11-13H2,1H3,(H,25,26). The van der Waals surface area contributed by atoms with Gasteiger partial charge in [-0.05, 0) is 107 Å². The molecule has 0 spiro atoms. The number of carbonyl (C=O) groups is 1. The Morgan fingerprint density at radius 1 is 1.14 bits per heavy atom. The molecule has 5 heteroatoms. The zero-order valence-corrected chi connectivity index (χ0v) is 17.7. The quantitative estimate of drug-likeness (QED) is 0.606. The molecular formula is C23H25BrN2O2. The van der Waals surface area contributed by atoms with E-state index in [0.29, 0.717) is 16.8 Å². The molecule has 4 aliphatic carbocycles. The van der Waals surface area contributed by atoms with Gasteiger partial charge in [-0.25, -0.2) is 9.78 Å². The van der Waals surface area contributed by atoms with Crippen molar-refractivity contribution in [1.82, 2.24) is 4.98 Å². The number of methoxy groups -OCH3 is 1. The van der Waals surface area contributed by atoms with Crippen LogP contribution in [0.25, 0.3) is 0 Å². The van der Waals surface area contributed by atoms with Crippen molar-refractivity contribution in [2.45, 2.75) is 43.9 Å². The van der Waals surface area contributed by atoms with Gasteiger partial charge >= 0.3 is 5.97 Å². The van der Waals surface area contributed by atoms with Crippen LogP contribution in [0.4, 0.5) is 11.5 Å². The van der Waals surface area contributed by atoms with Crippen LogP contribution in [0.5, 0.6) is 0 Å². The summed E-state index contributed by atoms with van der Waals surface area (Å²) in [4.78, 5) is 16.3. The van der Waals surface area contributed by atoms with Crippen molar-refractivity contribution < 1.29 is 9.53 Å². The number of hydrogen-bond donors (Lipinski definition) is 1. The van der Waals surface area contributed by atoms with Crippen LogP contribution in [0.2, 0.25) is 0 Å². The van der Waals surface area contributed by atoms with Gasteiger partial charge < -0.3 is 10.1 Å². The summed E-state index contributed by atoms with van der Waals surface area (Å²) in [6, 6.07) is 10.1. The summed E-state index contributed by atoms with van der Waals surface area (Å²) >= 11 is 3.76. The highest BCUT2D eigenvalue weighted by Gasteiger charge is 2.51. The van der Waals surface area contributed by atoms with E-state index < -0.39 is 5.97 Å². The number of nitrogens with zero attached hydrogens (tertiary/aromatic N) is 1. The second-order valence-corrected chi connectivity index (χ2v) is 9.76. The van der Waals surface area contributed by atoms with Crippen LogP contribution in [0.3, 0.4) is 0 Å². The molecule has 1 aromatic heterocycles. The number of halogens is 1. The number of esters is 1. The lowest BCUT2D eigenvalue weighted by Crippen LogP contribution is -2.48. The highest BCUT2D eigenvalue weighted by molar-refractivity contribution is 9.10. The molecule has 0 saturated heterocycles. The van der Waals surface area contributed by atoms with Crippen LogP contribution in [-0.2, 0) is 10.2 Å². The molecule has 0 unspecified atom stereocenters. The van der Waals surface area contributed by atoms with E-state index in [1.54, 1.807) is 18.3 Å². The molecule has 4 bridgehead atoms. The van der Waals surface area contributed by atoms with E-state index >= 15 is 0 Å². The maximum Gasteiger partial charge on any atom is 0.341 e. The second kappa shape index (κ2) is 6.87. The molecule has 0 atom stereocenters. The van der Waals surface area contributed by atoms with Gasteiger partial charge in [0.25, 0.3) is 0 Å². The van der Waals surface area contributed by atoms with E-state index in [2.05, 4.69) is 44.4 Å². The fourth-order valence-corrected chi connectivity index (χ4v) is 6.80. The van der Waals surface area contributed by atoms with E-state index in [1.165, 1.54) is 51.2 Å². The van der Waals surface area contributed by atoms with E-state index in [4.69, 9.17) is 4.74 Å². The number of nitrogens with one attached hydrogen (secondary N) is 1. The van der Waals surface area contributed by atoms with Gasteiger partial charge in [-0.2, -0.15) is 0 Å². The van der Waals surface area contributed by atoms with Gasteiger partial charge in [-0.1, -0.05) is 6.07 Å². The molecule has 4 nitrogen and oxygen atoms in total. The van der Waals surface area contributed by atoms with Crippen molar-refractivity contribution in [2.24, 2.45) is 17.8 Å². The molecule has 28 heavy (non-hydrogen) atoms. The summed E-state index contributed by atoms with van der Waals surface area (Å²) in [6.07, 6.45) is 10.1. The van der Waals surface area contributed by atoms with Crippen molar-refractivity contribution in [2.75, 3.05) is 12.4 Å². The summed E-state index contributed by atoms with van der Waals surface area (Å²) in [5.41, 5.74) is 3.19. The Morgan fingerprint density at radius 2 is 1.82 bits per heavy atom. The van der Waals surface area contributed by atoms with Gasteiger partial charge in [0.15, 0.2) is 0 Å². The Labute approximate surface area is 174 Å². The highest BCUT2D eigenvalue weighted by Crippen LogP contribution is 2.61. The second-order valence-electron chi connectivity index (χ2n) is 8.91. The maximum atomic E-state index is 12.0. The number of pyridine rings is 1. The first-order valence-electron chi connectivity index (χ1n) is 10.2. The Bertz CT molecular complexity index is 891. The van der Waals surface area contributed by atoms with Crippen LogP contribution < -0.4 is 5.32 Å². The van der Waals surface area contributed by atoms with Crippen molar-refractivity contribution in [3.8, 4) is 0 Å². The van der Waals surface area contributed by atoms with E-state index in [9.17, 15) is 4.79 Å². The first kappa shape index (κ1) is 18.2. The molecular weight excluding hydrogens is 416 g/mol. The van der Waals surface area contributed by atoms with Gasteiger partial charge in [-0.15, -0.1) is 0 Å². The lowest BCUT2D eigenvalue weighted by atomic mass is 9.48. The van der Waals surface area contributed by atoms with Crippen LogP contribution in [-0.4, -0.2) is 18.1 Å². The van der Waals surface area contributed by atoms with E-state index in [1.807, 2.05) is 0 Å². The normalized spacial score (nSPS) is 30.3. The Hall–Kier alpha value is -1.88. The molecule has 1 heterocycles. The number of rotatable bonds is 4. The zero-order valence-electron chi connectivity index (χ0n) is 16.1. The minimum absolute atomic E-state index is 0.373. The summed E-state index contributed by atoms with van der Waals surface area (Å²) in [5, 5.41) is 3.30. The predicted molar refractivity (Wildman–Crippen MR) is 113 cm³/mol. The third-order valence-corrected chi connectivity index (χ3v) is 7.74. The minimum Gasteiger partial charge on any atom is -0.465 e. The van der Waals surface area contributed by atoms with Gasteiger partial charge in [-0.3, -0.25) is 0 Å². The van der Waals surface area contributed by atoms with Gasteiger partial charge in [0.2, 0.25) is 0 Å². The average molecular weight is 441 g/mol. The van der Waals surface area contributed by atoms with Crippen LogP contribution >= 0.6 is 15.9 Å². The third kappa shape index (κ3) is 3.04. The van der Waals surface area contributed by atoms with Gasteiger partial charge in [0.1, 0.15) is 11.4 Å². The summed E-state index contributed by atoms with van der Waals surface area (Å²) < 4.78 is 5.89.